The lowest BCUT2D eigenvalue weighted by molar-refractivity contribution is -0.129. The molecule has 0 spiro atoms. The summed E-state index contributed by atoms with van der Waals surface area (Å²) in [6.07, 6.45) is 6.09. The van der Waals surface area contributed by atoms with Crippen LogP contribution in [0.2, 0.25) is 0 Å². The van der Waals surface area contributed by atoms with Gasteiger partial charge in [0.1, 0.15) is 11.8 Å². The normalized spacial score (nSPS) is 14.3. The first kappa shape index (κ1) is 17.2. The molecule has 3 heterocycles. The van der Waals surface area contributed by atoms with Gasteiger partial charge in [0.15, 0.2) is 11.5 Å². The van der Waals surface area contributed by atoms with Crippen molar-refractivity contribution in [1.82, 2.24) is 24.8 Å². The summed E-state index contributed by atoms with van der Waals surface area (Å²) in [5.74, 6) is 0.766. The predicted octanol–water partition coefficient (Wildman–Crippen LogP) is 2.41. The molecule has 0 radical (unpaired) electrons. The van der Waals surface area contributed by atoms with Crippen molar-refractivity contribution in [1.29, 1.82) is 0 Å². The molecule has 1 amide bonds. The number of aryl methyl sites for hydroxylation is 1. The van der Waals surface area contributed by atoms with Crippen LogP contribution in [-0.2, 0) is 4.79 Å². The number of nitrogens with zero attached hydrogens (tertiary/aromatic N) is 5. The van der Waals surface area contributed by atoms with Gasteiger partial charge in [-0.2, -0.15) is 0 Å². The Bertz CT molecular complexity index is 1010. The van der Waals surface area contributed by atoms with E-state index in [1.165, 1.54) is 23.0 Å². The van der Waals surface area contributed by atoms with Crippen LogP contribution in [0.25, 0.3) is 16.7 Å². The lowest BCUT2D eigenvalue weighted by Gasteiger charge is -2.29. The molecule has 3 aromatic rings. The van der Waals surface area contributed by atoms with Crippen LogP contribution in [0.3, 0.4) is 0 Å². The predicted molar refractivity (Wildman–Crippen MR) is 105 cm³/mol. The summed E-state index contributed by atoms with van der Waals surface area (Å²) in [7, 11) is 1.86. The lowest BCUT2D eigenvalue weighted by atomic mass is 9.98. The molecule has 7 heteroatoms. The summed E-state index contributed by atoms with van der Waals surface area (Å²) in [6, 6.07) is 8.51. The minimum absolute atomic E-state index is 0.0864. The number of anilines is 1. The fourth-order valence-corrected chi connectivity index (χ4v) is 3.42. The number of benzene rings is 1. The minimum Gasteiger partial charge on any atom is -0.348 e. The second kappa shape index (κ2) is 7.19. The maximum Gasteiger partial charge on any atom is 0.242 e. The highest BCUT2D eigenvalue weighted by Crippen LogP contribution is 2.23. The molecule has 1 aliphatic rings. The summed E-state index contributed by atoms with van der Waals surface area (Å²) in [6.45, 7) is 3.73. The number of likely N-dealkylation sites (N-methyl/N-ethyl adjacent to an activating group) is 1. The van der Waals surface area contributed by atoms with Gasteiger partial charge in [-0.05, 0) is 24.5 Å². The molecule has 0 atom stereocenters. The zero-order chi connectivity index (χ0) is 18.8. The van der Waals surface area contributed by atoms with E-state index in [1.807, 2.05) is 16.8 Å². The van der Waals surface area contributed by atoms with Crippen LogP contribution in [0.5, 0.6) is 0 Å². The van der Waals surface area contributed by atoms with Gasteiger partial charge in [0.2, 0.25) is 5.91 Å². The first-order valence-electron chi connectivity index (χ1n) is 9.01. The number of carbonyl (C=O) groups is 1. The summed E-state index contributed by atoms with van der Waals surface area (Å²) in [5, 5.41) is 0. The molecular formula is C20H22N6O. The lowest BCUT2D eigenvalue weighted by Crippen LogP contribution is -2.41. The average Bonchev–Trinajstić information content (AvgIpc) is 3.17. The molecule has 1 N–H and O–H groups in total. The number of aromatic nitrogens is 4. The van der Waals surface area contributed by atoms with E-state index < -0.39 is 0 Å². The molecule has 7 nitrogen and oxygen atoms in total. The van der Waals surface area contributed by atoms with Gasteiger partial charge < -0.3 is 14.8 Å². The zero-order valence-corrected chi connectivity index (χ0v) is 15.5. The Morgan fingerprint density at radius 3 is 2.96 bits per heavy atom. The monoisotopic (exact) mass is 362 g/mol. The van der Waals surface area contributed by atoms with Crippen LogP contribution < -0.4 is 4.90 Å². The van der Waals surface area contributed by atoms with Gasteiger partial charge in [-0.15, -0.1) is 0 Å². The van der Waals surface area contributed by atoms with Crippen LogP contribution in [-0.4, -0.2) is 57.4 Å². The number of amides is 1. The Hall–Kier alpha value is -3.22. The molecule has 1 aromatic carbocycles. The van der Waals surface area contributed by atoms with E-state index in [2.05, 4.69) is 57.2 Å². The van der Waals surface area contributed by atoms with E-state index in [-0.39, 0.29) is 12.5 Å². The third-order valence-corrected chi connectivity index (χ3v) is 4.89. The number of H-pyrrole nitrogens is 1. The van der Waals surface area contributed by atoms with E-state index in [0.717, 1.165) is 18.5 Å². The van der Waals surface area contributed by atoms with Gasteiger partial charge >= 0.3 is 0 Å². The molecule has 0 unspecified atom stereocenters. The Labute approximate surface area is 157 Å². The van der Waals surface area contributed by atoms with Crippen LogP contribution >= 0.6 is 0 Å². The maximum absolute atomic E-state index is 12.7. The Morgan fingerprint density at radius 2 is 2.19 bits per heavy atom. The molecule has 0 saturated heterocycles. The number of imidazole rings is 1. The molecule has 27 heavy (non-hydrogen) atoms. The summed E-state index contributed by atoms with van der Waals surface area (Å²) >= 11 is 0. The van der Waals surface area contributed by atoms with Crippen molar-refractivity contribution in [3.63, 3.8) is 0 Å². The Balaban J connectivity index is 1.43. The average molecular weight is 362 g/mol. The second-order valence-corrected chi connectivity index (χ2v) is 6.84. The minimum atomic E-state index is 0.0864. The maximum atomic E-state index is 12.7. The summed E-state index contributed by atoms with van der Waals surface area (Å²) in [5.41, 5.74) is 5.16. The molecule has 138 valence electrons. The Kier molecular flexibility index (Phi) is 4.58. The van der Waals surface area contributed by atoms with Crippen molar-refractivity contribution < 1.29 is 4.79 Å². The van der Waals surface area contributed by atoms with Gasteiger partial charge in [-0.1, -0.05) is 35.9 Å². The molecule has 4 rings (SSSR count). The number of hydrogen-bond donors (Lipinski definition) is 1. The van der Waals surface area contributed by atoms with Crippen molar-refractivity contribution in [3.05, 3.63) is 54.1 Å². The van der Waals surface area contributed by atoms with E-state index in [9.17, 15) is 4.79 Å². The number of aromatic amines is 1. The van der Waals surface area contributed by atoms with Gasteiger partial charge in [-0.25, -0.2) is 15.0 Å². The first-order chi connectivity index (χ1) is 13.1. The van der Waals surface area contributed by atoms with Crippen molar-refractivity contribution in [3.8, 4) is 0 Å². The SMILES string of the molecule is Cc1cccc(C2=CCN(C(=O)CN(C)c3ncnc4nc[nH]c34)CC2)c1. The summed E-state index contributed by atoms with van der Waals surface area (Å²) in [4.78, 5) is 32.1. The third kappa shape index (κ3) is 3.53. The van der Waals surface area contributed by atoms with Gasteiger partial charge in [0.05, 0.1) is 12.9 Å². The van der Waals surface area contributed by atoms with Crippen LogP contribution in [0.15, 0.2) is 43.0 Å². The summed E-state index contributed by atoms with van der Waals surface area (Å²) < 4.78 is 0. The zero-order valence-electron chi connectivity index (χ0n) is 15.5. The fourth-order valence-electron chi connectivity index (χ4n) is 3.42. The van der Waals surface area contributed by atoms with Crippen molar-refractivity contribution >= 4 is 28.5 Å². The topological polar surface area (TPSA) is 78.0 Å². The van der Waals surface area contributed by atoms with E-state index in [1.54, 1.807) is 6.33 Å². The standard InChI is InChI=1S/C20H22N6O/c1-14-4-3-5-16(10-14)15-6-8-26(9-7-15)17(27)11-25(2)20-18-19(22-12-21-18)23-13-24-20/h3-6,10,12-13H,7-9,11H2,1-2H3,(H,21,22,23,24). The number of hydrogen-bond acceptors (Lipinski definition) is 5. The largest absolute Gasteiger partial charge is 0.348 e. The number of nitrogens with one attached hydrogen (secondary N) is 1. The van der Waals surface area contributed by atoms with E-state index in [4.69, 9.17) is 0 Å². The van der Waals surface area contributed by atoms with Gasteiger partial charge in [-0.3, -0.25) is 4.79 Å². The Morgan fingerprint density at radius 1 is 1.30 bits per heavy atom. The van der Waals surface area contributed by atoms with Crippen molar-refractivity contribution in [2.75, 3.05) is 31.6 Å². The van der Waals surface area contributed by atoms with E-state index >= 15 is 0 Å². The smallest absolute Gasteiger partial charge is 0.242 e. The highest BCUT2D eigenvalue weighted by atomic mass is 16.2. The molecule has 0 aliphatic carbocycles. The quantitative estimate of drug-likeness (QED) is 0.771. The molecular weight excluding hydrogens is 340 g/mol. The molecule has 0 saturated carbocycles. The number of fused-ring (bicyclic) bond motifs is 1. The fraction of sp³-hybridized carbons (Fsp3) is 0.300. The van der Waals surface area contributed by atoms with Crippen molar-refractivity contribution in [2.24, 2.45) is 0 Å². The molecule has 0 bridgehead atoms. The third-order valence-electron chi connectivity index (χ3n) is 4.89. The first-order valence-corrected chi connectivity index (χ1v) is 9.01. The second-order valence-electron chi connectivity index (χ2n) is 6.84. The van der Waals surface area contributed by atoms with E-state index in [0.29, 0.717) is 18.0 Å². The van der Waals surface area contributed by atoms with Crippen LogP contribution in [0, 0.1) is 6.92 Å². The van der Waals surface area contributed by atoms with Crippen LogP contribution in [0.4, 0.5) is 5.82 Å². The number of rotatable bonds is 4. The number of carbonyl (C=O) groups excluding carboxylic acids is 1. The molecule has 0 fully saturated rings. The van der Waals surface area contributed by atoms with Crippen LogP contribution in [0.1, 0.15) is 17.5 Å². The molecule has 2 aromatic heterocycles. The highest BCUT2D eigenvalue weighted by molar-refractivity contribution is 5.87. The van der Waals surface area contributed by atoms with Crippen molar-refractivity contribution in [2.45, 2.75) is 13.3 Å². The molecule has 1 aliphatic heterocycles. The van der Waals surface area contributed by atoms with Gasteiger partial charge in [0, 0.05) is 20.1 Å². The highest BCUT2D eigenvalue weighted by Gasteiger charge is 2.21. The van der Waals surface area contributed by atoms with Gasteiger partial charge in [0.25, 0.3) is 0 Å².